The second kappa shape index (κ2) is 5.71. The number of nitrogens with two attached hydrogens (primary N) is 1. The first-order valence-electron chi connectivity index (χ1n) is 7.21. The molecule has 0 aliphatic carbocycles. The van der Waals surface area contributed by atoms with Gasteiger partial charge in [-0.25, -0.2) is 0 Å². The van der Waals surface area contributed by atoms with Crippen molar-refractivity contribution in [1.82, 2.24) is 4.90 Å². The Morgan fingerprint density at radius 2 is 1.85 bits per heavy atom. The van der Waals surface area contributed by atoms with E-state index in [4.69, 9.17) is 10.5 Å². The maximum atomic E-state index is 12.3. The first kappa shape index (κ1) is 13.2. The molecule has 2 fully saturated rings. The minimum atomic E-state index is 0.0815. The highest BCUT2D eigenvalue weighted by Gasteiger charge is 2.30. The van der Waals surface area contributed by atoms with Crippen LogP contribution in [0.1, 0.15) is 6.42 Å². The highest BCUT2D eigenvalue weighted by atomic mass is 16.5. The third kappa shape index (κ3) is 2.72. The molecule has 1 atom stereocenters. The number of anilines is 2. The van der Waals surface area contributed by atoms with Crippen LogP contribution < -0.4 is 10.6 Å². The number of rotatable bonds is 2. The lowest BCUT2D eigenvalue weighted by molar-refractivity contribution is -0.135. The van der Waals surface area contributed by atoms with Gasteiger partial charge in [-0.15, -0.1) is 0 Å². The summed E-state index contributed by atoms with van der Waals surface area (Å²) in [6, 6.07) is 7.92. The molecule has 1 aromatic rings. The van der Waals surface area contributed by atoms with Gasteiger partial charge in [0.2, 0.25) is 5.91 Å². The van der Waals surface area contributed by atoms with Crippen molar-refractivity contribution in [3.63, 3.8) is 0 Å². The quantitative estimate of drug-likeness (QED) is 0.817. The summed E-state index contributed by atoms with van der Waals surface area (Å²) in [5, 5.41) is 0. The van der Waals surface area contributed by atoms with E-state index < -0.39 is 0 Å². The number of carbonyl (C=O) groups is 1. The van der Waals surface area contributed by atoms with E-state index in [2.05, 4.69) is 4.90 Å². The number of benzene rings is 1. The fourth-order valence-electron chi connectivity index (χ4n) is 2.86. The SMILES string of the molecule is Nc1ccc(N2CCN(C(=O)C3CCOC3)CC2)cc1. The third-order valence-electron chi connectivity index (χ3n) is 4.13. The van der Waals surface area contributed by atoms with Gasteiger partial charge >= 0.3 is 0 Å². The molecule has 1 unspecified atom stereocenters. The maximum Gasteiger partial charge on any atom is 0.228 e. The molecule has 2 heterocycles. The molecule has 5 heteroatoms. The predicted molar refractivity (Wildman–Crippen MR) is 78.6 cm³/mol. The van der Waals surface area contributed by atoms with Crippen LogP contribution in [-0.4, -0.2) is 50.2 Å². The average Bonchev–Trinajstić information content (AvgIpc) is 3.02. The number of piperazine rings is 1. The Kier molecular flexibility index (Phi) is 3.78. The lowest BCUT2D eigenvalue weighted by atomic mass is 10.1. The molecule has 20 heavy (non-hydrogen) atoms. The smallest absolute Gasteiger partial charge is 0.228 e. The van der Waals surface area contributed by atoms with Crippen molar-refractivity contribution in [1.29, 1.82) is 0 Å². The number of amides is 1. The highest BCUT2D eigenvalue weighted by molar-refractivity contribution is 5.79. The third-order valence-corrected chi connectivity index (χ3v) is 4.13. The fourth-order valence-corrected chi connectivity index (χ4v) is 2.86. The van der Waals surface area contributed by atoms with Crippen LogP contribution in [0.5, 0.6) is 0 Å². The second-order valence-corrected chi connectivity index (χ2v) is 5.46. The molecule has 5 nitrogen and oxygen atoms in total. The number of nitrogen functional groups attached to an aromatic ring is 1. The van der Waals surface area contributed by atoms with Gasteiger partial charge in [0.15, 0.2) is 0 Å². The van der Waals surface area contributed by atoms with E-state index in [9.17, 15) is 4.79 Å². The van der Waals surface area contributed by atoms with E-state index in [0.29, 0.717) is 6.61 Å². The summed E-state index contributed by atoms with van der Waals surface area (Å²) < 4.78 is 5.30. The molecule has 2 saturated heterocycles. The zero-order valence-corrected chi connectivity index (χ0v) is 11.6. The lowest BCUT2D eigenvalue weighted by Gasteiger charge is -2.37. The van der Waals surface area contributed by atoms with Crippen molar-refractivity contribution in [2.75, 3.05) is 50.0 Å². The standard InChI is InChI=1S/C15H21N3O2/c16-13-1-3-14(4-2-13)17-6-8-18(9-7-17)15(19)12-5-10-20-11-12/h1-4,12H,5-11,16H2. The van der Waals surface area contributed by atoms with Crippen molar-refractivity contribution in [2.24, 2.45) is 5.92 Å². The van der Waals surface area contributed by atoms with E-state index in [1.54, 1.807) is 0 Å². The van der Waals surface area contributed by atoms with Crippen LogP contribution in [0.3, 0.4) is 0 Å². The molecule has 2 N–H and O–H groups in total. The van der Waals surface area contributed by atoms with Gasteiger partial charge in [0.25, 0.3) is 0 Å². The van der Waals surface area contributed by atoms with Crippen LogP contribution in [0.25, 0.3) is 0 Å². The molecule has 0 spiro atoms. The van der Waals surface area contributed by atoms with Crippen LogP contribution in [-0.2, 0) is 9.53 Å². The fraction of sp³-hybridized carbons (Fsp3) is 0.533. The van der Waals surface area contributed by atoms with E-state index in [1.165, 1.54) is 5.69 Å². The minimum Gasteiger partial charge on any atom is -0.399 e. The summed E-state index contributed by atoms with van der Waals surface area (Å²) in [6.07, 6.45) is 0.872. The molecular formula is C15H21N3O2. The van der Waals surface area contributed by atoms with E-state index in [-0.39, 0.29) is 11.8 Å². The zero-order valence-electron chi connectivity index (χ0n) is 11.6. The molecule has 108 valence electrons. The van der Waals surface area contributed by atoms with Crippen molar-refractivity contribution in [3.05, 3.63) is 24.3 Å². The van der Waals surface area contributed by atoms with Gasteiger partial charge in [0.1, 0.15) is 0 Å². The van der Waals surface area contributed by atoms with Gasteiger partial charge in [0, 0.05) is 44.2 Å². The van der Waals surface area contributed by atoms with Gasteiger partial charge in [-0.3, -0.25) is 4.79 Å². The van der Waals surface area contributed by atoms with Crippen molar-refractivity contribution in [3.8, 4) is 0 Å². The van der Waals surface area contributed by atoms with Crippen LogP contribution in [0.2, 0.25) is 0 Å². The van der Waals surface area contributed by atoms with E-state index in [0.717, 1.165) is 44.9 Å². The van der Waals surface area contributed by atoms with Gasteiger partial charge in [-0.2, -0.15) is 0 Å². The molecule has 2 aliphatic rings. The van der Waals surface area contributed by atoms with Gasteiger partial charge < -0.3 is 20.3 Å². The van der Waals surface area contributed by atoms with Crippen molar-refractivity contribution >= 4 is 17.3 Å². The summed E-state index contributed by atoms with van der Waals surface area (Å²) >= 11 is 0. The van der Waals surface area contributed by atoms with E-state index in [1.807, 2.05) is 29.2 Å². The molecule has 0 aromatic heterocycles. The molecular weight excluding hydrogens is 254 g/mol. The van der Waals surface area contributed by atoms with Crippen LogP contribution in [0, 0.1) is 5.92 Å². The Balaban J connectivity index is 1.56. The Morgan fingerprint density at radius 1 is 1.15 bits per heavy atom. The van der Waals surface area contributed by atoms with Crippen LogP contribution in [0.4, 0.5) is 11.4 Å². The van der Waals surface area contributed by atoms with Gasteiger partial charge in [-0.1, -0.05) is 0 Å². The molecule has 0 saturated carbocycles. The predicted octanol–water partition coefficient (Wildman–Crippen LogP) is 0.954. The lowest BCUT2D eigenvalue weighted by Crippen LogP contribution is -2.50. The number of carbonyl (C=O) groups excluding carboxylic acids is 1. The van der Waals surface area contributed by atoms with Crippen LogP contribution >= 0.6 is 0 Å². The first-order valence-corrected chi connectivity index (χ1v) is 7.21. The summed E-state index contributed by atoms with van der Waals surface area (Å²) in [5.74, 6) is 0.345. The molecule has 0 bridgehead atoms. The Morgan fingerprint density at radius 3 is 2.45 bits per heavy atom. The molecule has 3 rings (SSSR count). The molecule has 0 radical (unpaired) electrons. The van der Waals surface area contributed by atoms with Gasteiger partial charge in [-0.05, 0) is 30.7 Å². The number of hydrogen-bond donors (Lipinski definition) is 1. The number of hydrogen-bond acceptors (Lipinski definition) is 4. The summed E-state index contributed by atoms with van der Waals surface area (Å²) in [6.45, 7) is 4.66. The molecule has 1 amide bonds. The Bertz CT molecular complexity index is 461. The summed E-state index contributed by atoms with van der Waals surface area (Å²) in [5.41, 5.74) is 7.66. The molecule has 2 aliphatic heterocycles. The zero-order chi connectivity index (χ0) is 13.9. The summed E-state index contributed by atoms with van der Waals surface area (Å²) in [4.78, 5) is 16.6. The summed E-state index contributed by atoms with van der Waals surface area (Å²) in [7, 11) is 0. The normalized spacial score (nSPS) is 23.1. The first-order chi connectivity index (χ1) is 9.74. The average molecular weight is 275 g/mol. The van der Waals surface area contributed by atoms with Crippen LogP contribution in [0.15, 0.2) is 24.3 Å². The molecule has 1 aromatic carbocycles. The largest absolute Gasteiger partial charge is 0.399 e. The van der Waals surface area contributed by atoms with Crippen molar-refractivity contribution in [2.45, 2.75) is 6.42 Å². The maximum absolute atomic E-state index is 12.3. The van der Waals surface area contributed by atoms with E-state index >= 15 is 0 Å². The Labute approximate surface area is 119 Å². The second-order valence-electron chi connectivity index (χ2n) is 5.46. The Hall–Kier alpha value is -1.75. The topological polar surface area (TPSA) is 58.8 Å². The van der Waals surface area contributed by atoms with Gasteiger partial charge in [0.05, 0.1) is 12.5 Å². The highest BCUT2D eigenvalue weighted by Crippen LogP contribution is 2.20. The number of ether oxygens (including phenoxy) is 1. The monoisotopic (exact) mass is 275 g/mol. The van der Waals surface area contributed by atoms with Crippen molar-refractivity contribution < 1.29 is 9.53 Å². The minimum absolute atomic E-state index is 0.0815. The number of nitrogens with zero attached hydrogens (tertiary/aromatic N) is 2.